The Balaban J connectivity index is 1.97. The van der Waals surface area contributed by atoms with Crippen LogP contribution >= 0.6 is 0 Å². The van der Waals surface area contributed by atoms with Gasteiger partial charge in [-0.25, -0.2) is 0 Å². The molecule has 1 heterocycles. The van der Waals surface area contributed by atoms with Crippen molar-refractivity contribution in [3.63, 3.8) is 0 Å². The molecule has 1 atom stereocenters. The van der Waals surface area contributed by atoms with Gasteiger partial charge in [0.25, 0.3) is 5.91 Å². The number of hydrogen-bond acceptors (Lipinski definition) is 3. The molecular formula is C17H15N3O. The Morgan fingerprint density at radius 1 is 1.29 bits per heavy atom. The highest BCUT2D eigenvalue weighted by atomic mass is 16.2. The summed E-state index contributed by atoms with van der Waals surface area (Å²) in [7, 11) is 0. The van der Waals surface area contributed by atoms with E-state index in [4.69, 9.17) is 11.0 Å². The lowest BCUT2D eigenvalue weighted by atomic mass is 10.1. The molecule has 2 aromatic rings. The zero-order chi connectivity index (χ0) is 15.0. The third-order valence-electron chi connectivity index (χ3n) is 3.96. The maximum Gasteiger partial charge on any atom is 0.258 e. The number of carbonyl (C=O) groups is 1. The van der Waals surface area contributed by atoms with Gasteiger partial charge in [-0.1, -0.05) is 30.3 Å². The second-order valence-electron chi connectivity index (χ2n) is 5.20. The molecule has 4 nitrogen and oxygen atoms in total. The quantitative estimate of drug-likeness (QED) is 0.871. The number of nitriles is 1. The number of nitrogens with zero attached hydrogens (tertiary/aromatic N) is 2. The normalized spacial score (nSPS) is 18.1. The van der Waals surface area contributed by atoms with Gasteiger partial charge < -0.3 is 10.6 Å². The van der Waals surface area contributed by atoms with Crippen molar-refractivity contribution in [1.82, 2.24) is 4.90 Å². The molecule has 0 aromatic heterocycles. The zero-order valence-electron chi connectivity index (χ0n) is 11.7. The minimum Gasteiger partial charge on any atom is -0.400 e. The van der Waals surface area contributed by atoms with Gasteiger partial charge in [-0.2, -0.15) is 5.26 Å². The highest BCUT2D eigenvalue weighted by Gasteiger charge is 2.31. The fourth-order valence-corrected chi connectivity index (χ4v) is 2.65. The van der Waals surface area contributed by atoms with Gasteiger partial charge in [0.1, 0.15) is 5.92 Å². The van der Waals surface area contributed by atoms with E-state index in [2.05, 4.69) is 6.07 Å². The van der Waals surface area contributed by atoms with Crippen molar-refractivity contribution in [2.45, 2.75) is 6.92 Å². The molecule has 0 spiro atoms. The van der Waals surface area contributed by atoms with Gasteiger partial charge in [-0.3, -0.25) is 4.79 Å². The van der Waals surface area contributed by atoms with E-state index >= 15 is 0 Å². The third-order valence-corrected chi connectivity index (χ3v) is 3.96. The van der Waals surface area contributed by atoms with Gasteiger partial charge in [0, 0.05) is 23.5 Å². The summed E-state index contributed by atoms with van der Waals surface area (Å²) in [6, 6.07) is 15.7. The Kier molecular flexibility index (Phi) is 3.11. The Morgan fingerprint density at radius 2 is 2.00 bits per heavy atom. The van der Waals surface area contributed by atoms with E-state index in [0.717, 1.165) is 10.8 Å². The van der Waals surface area contributed by atoms with Crippen LogP contribution in [0.1, 0.15) is 17.3 Å². The van der Waals surface area contributed by atoms with E-state index in [1.54, 1.807) is 11.8 Å². The number of carbonyl (C=O) groups excluding carboxylic acids is 1. The number of rotatable bonds is 1. The number of benzene rings is 2. The molecule has 3 rings (SSSR count). The second kappa shape index (κ2) is 4.95. The summed E-state index contributed by atoms with van der Waals surface area (Å²) in [5, 5.41) is 11.2. The van der Waals surface area contributed by atoms with Crippen LogP contribution in [0.5, 0.6) is 0 Å². The summed E-state index contributed by atoms with van der Waals surface area (Å²) in [4.78, 5) is 14.2. The SMILES string of the molecule is CC1=C(N)C(C#N)CN1C(=O)c1ccc2ccccc2c1. The summed E-state index contributed by atoms with van der Waals surface area (Å²) in [5.41, 5.74) is 7.68. The Hall–Kier alpha value is -2.80. The topological polar surface area (TPSA) is 70.1 Å². The van der Waals surface area contributed by atoms with E-state index < -0.39 is 5.92 Å². The number of fused-ring (bicyclic) bond motifs is 1. The number of amides is 1. The molecule has 0 bridgehead atoms. The van der Waals surface area contributed by atoms with Crippen molar-refractivity contribution in [2.24, 2.45) is 11.7 Å². The summed E-state index contributed by atoms with van der Waals surface area (Å²) in [6.07, 6.45) is 0. The van der Waals surface area contributed by atoms with Gasteiger partial charge >= 0.3 is 0 Å². The van der Waals surface area contributed by atoms with Crippen molar-refractivity contribution in [3.8, 4) is 6.07 Å². The monoisotopic (exact) mass is 277 g/mol. The van der Waals surface area contributed by atoms with Crippen LogP contribution in [-0.2, 0) is 0 Å². The maximum absolute atomic E-state index is 12.6. The lowest BCUT2D eigenvalue weighted by Crippen LogP contribution is -2.28. The number of hydrogen-bond donors (Lipinski definition) is 1. The maximum atomic E-state index is 12.6. The smallest absolute Gasteiger partial charge is 0.258 e. The molecular weight excluding hydrogens is 262 g/mol. The molecule has 0 saturated heterocycles. The molecule has 2 N–H and O–H groups in total. The number of nitrogens with two attached hydrogens (primary N) is 1. The average Bonchev–Trinajstić information content (AvgIpc) is 2.81. The van der Waals surface area contributed by atoms with Gasteiger partial charge in [0.15, 0.2) is 0 Å². The summed E-state index contributed by atoms with van der Waals surface area (Å²) >= 11 is 0. The summed E-state index contributed by atoms with van der Waals surface area (Å²) in [5.74, 6) is -0.520. The van der Waals surface area contributed by atoms with Crippen LogP contribution in [0.25, 0.3) is 10.8 Å². The van der Waals surface area contributed by atoms with Gasteiger partial charge in [-0.15, -0.1) is 0 Å². The molecule has 1 unspecified atom stereocenters. The molecule has 4 heteroatoms. The van der Waals surface area contributed by atoms with E-state index in [-0.39, 0.29) is 5.91 Å². The second-order valence-corrected chi connectivity index (χ2v) is 5.20. The van der Waals surface area contributed by atoms with Crippen LogP contribution in [0.3, 0.4) is 0 Å². The molecule has 0 fully saturated rings. The standard InChI is InChI=1S/C17H15N3O/c1-11-16(19)15(9-18)10-20(11)17(21)14-7-6-12-4-2-3-5-13(12)8-14/h2-8,15H,10,19H2,1H3. The molecule has 21 heavy (non-hydrogen) atoms. The van der Waals surface area contributed by atoms with E-state index in [1.807, 2.05) is 42.5 Å². The van der Waals surface area contributed by atoms with Crippen LogP contribution in [0.2, 0.25) is 0 Å². The lowest BCUT2D eigenvalue weighted by molar-refractivity contribution is 0.0814. The van der Waals surface area contributed by atoms with Gasteiger partial charge in [0.05, 0.1) is 6.07 Å². The van der Waals surface area contributed by atoms with Crippen LogP contribution in [0.15, 0.2) is 53.9 Å². The van der Waals surface area contributed by atoms with Gasteiger partial charge in [-0.05, 0) is 29.8 Å². The fourth-order valence-electron chi connectivity index (χ4n) is 2.65. The molecule has 0 aliphatic carbocycles. The molecule has 1 aliphatic rings. The van der Waals surface area contributed by atoms with E-state index in [9.17, 15) is 4.79 Å². The van der Waals surface area contributed by atoms with Crippen molar-refractivity contribution in [1.29, 1.82) is 5.26 Å². The van der Waals surface area contributed by atoms with E-state index in [1.165, 1.54) is 0 Å². The zero-order valence-corrected chi connectivity index (χ0v) is 11.7. The molecule has 1 aliphatic heterocycles. The first-order chi connectivity index (χ1) is 10.1. The molecule has 0 radical (unpaired) electrons. The molecule has 2 aromatic carbocycles. The minimum atomic E-state index is -0.408. The average molecular weight is 277 g/mol. The van der Waals surface area contributed by atoms with Crippen molar-refractivity contribution in [2.75, 3.05) is 6.54 Å². The molecule has 104 valence electrons. The molecule has 1 amide bonds. The van der Waals surface area contributed by atoms with Crippen LogP contribution in [0.4, 0.5) is 0 Å². The first kappa shape index (κ1) is 13.2. The Bertz CT molecular complexity index is 801. The first-order valence-corrected chi connectivity index (χ1v) is 6.78. The highest BCUT2D eigenvalue weighted by molar-refractivity contribution is 5.99. The van der Waals surface area contributed by atoms with E-state index in [0.29, 0.717) is 23.5 Å². The Morgan fingerprint density at radius 3 is 2.67 bits per heavy atom. The summed E-state index contributed by atoms with van der Waals surface area (Å²) < 4.78 is 0. The predicted octanol–water partition coefficient (Wildman–Crippen LogP) is 2.63. The van der Waals surface area contributed by atoms with Gasteiger partial charge in [0.2, 0.25) is 0 Å². The summed E-state index contributed by atoms with van der Waals surface area (Å²) in [6.45, 7) is 2.12. The molecule has 0 saturated carbocycles. The van der Waals surface area contributed by atoms with Crippen molar-refractivity contribution < 1.29 is 4.79 Å². The third kappa shape index (κ3) is 2.13. The van der Waals surface area contributed by atoms with Crippen molar-refractivity contribution in [3.05, 3.63) is 59.4 Å². The Labute approximate surface area is 123 Å². The van der Waals surface area contributed by atoms with Crippen molar-refractivity contribution >= 4 is 16.7 Å². The largest absolute Gasteiger partial charge is 0.400 e. The lowest BCUT2D eigenvalue weighted by Gasteiger charge is -2.18. The van der Waals surface area contributed by atoms with Crippen LogP contribution in [0, 0.1) is 17.2 Å². The predicted molar refractivity (Wildman–Crippen MR) is 81.0 cm³/mol. The van der Waals surface area contributed by atoms with Crippen LogP contribution in [-0.4, -0.2) is 17.4 Å². The van der Waals surface area contributed by atoms with Crippen LogP contribution < -0.4 is 5.73 Å². The minimum absolute atomic E-state index is 0.112. The fraction of sp³-hybridized carbons (Fsp3) is 0.176. The highest BCUT2D eigenvalue weighted by Crippen LogP contribution is 2.26. The first-order valence-electron chi connectivity index (χ1n) is 6.78. The number of allylic oxidation sites excluding steroid dienone is 1.